The molecule has 0 aromatic carbocycles. The fourth-order valence-electron chi connectivity index (χ4n) is 1.93. The lowest BCUT2D eigenvalue weighted by atomic mass is 9.93. The molecule has 0 unspecified atom stereocenters. The number of carbonyl (C=O) groups is 1. The smallest absolute Gasteiger partial charge is 0.263 e. The predicted molar refractivity (Wildman–Crippen MR) is 65.1 cm³/mol. The molecule has 1 aromatic heterocycles. The maximum absolute atomic E-state index is 11.8. The van der Waals surface area contributed by atoms with E-state index in [1.54, 1.807) is 6.07 Å². The number of nitrogens with one attached hydrogen (secondary N) is 1. The van der Waals surface area contributed by atoms with E-state index in [1.807, 2.05) is 5.38 Å². The molecule has 0 atom stereocenters. The zero-order valence-electron chi connectivity index (χ0n) is 8.78. The van der Waals surface area contributed by atoms with Crippen molar-refractivity contribution < 1.29 is 9.90 Å². The number of aliphatic hydroxyl groups is 1. The zero-order chi connectivity index (χ0) is 11.5. The van der Waals surface area contributed by atoms with Crippen LogP contribution in [0.25, 0.3) is 0 Å². The maximum Gasteiger partial charge on any atom is 0.263 e. The number of halogens is 1. The molecule has 1 aliphatic carbocycles. The number of amides is 1. The van der Waals surface area contributed by atoms with Crippen LogP contribution in [0.3, 0.4) is 0 Å². The molecule has 0 radical (unpaired) electrons. The second-order valence-corrected chi connectivity index (χ2v) is 5.40. The Morgan fingerprint density at radius 2 is 2.12 bits per heavy atom. The summed E-state index contributed by atoms with van der Waals surface area (Å²) in [6.45, 7) is 0. The van der Waals surface area contributed by atoms with E-state index >= 15 is 0 Å². The minimum atomic E-state index is -0.196. The third-order valence-electron chi connectivity index (χ3n) is 2.86. The van der Waals surface area contributed by atoms with Crippen LogP contribution in [0.5, 0.6) is 0 Å². The molecule has 1 aromatic rings. The fraction of sp³-hybridized carbons (Fsp3) is 0.545. The Morgan fingerprint density at radius 3 is 2.69 bits per heavy atom. The van der Waals surface area contributed by atoms with Crippen LogP contribution in [0.4, 0.5) is 0 Å². The van der Waals surface area contributed by atoms with Gasteiger partial charge in [-0.15, -0.1) is 11.3 Å². The lowest BCUT2D eigenvalue weighted by Crippen LogP contribution is -2.38. The highest BCUT2D eigenvalue weighted by Crippen LogP contribution is 2.23. The fourth-order valence-corrected chi connectivity index (χ4v) is 2.97. The van der Waals surface area contributed by atoms with Crippen molar-refractivity contribution in [3.63, 3.8) is 0 Å². The number of carbonyl (C=O) groups excluding carboxylic acids is 1. The highest BCUT2D eigenvalue weighted by Gasteiger charge is 2.22. The Labute approximate surface area is 103 Å². The molecule has 1 heterocycles. The molecule has 3 nitrogen and oxygen atoms in total. The molecule has 2 rings (SSSR count). The Kier molecular flexibility index (Phi) is 3.84. The van der Waals surface area contributed by atoms with E-state index in [4.69, 9.17) is 11.6 Å². The van der Waals surface area contributed by atoms with Crippen LogP contribution in [-0.4, -0.2) is 23.2 Å². The van der Waals surface area contributed by atoms with Crippen molar-refractivity contribution in [3.05, 3.63) is 21.3 Å². The van der Waals surface area contributed by atoms with Crippen LogP contribution in [0, 0.1) is 0 Å². The third kappa shape index (κ3) is 2.75. The molecule has 88 valence electrons. The summed E-state index contributed by atoms with van der Waals surface area (Å²) in [7, 11) is 0. The molecule has 0 saturated heterocycles. The van der Waals surface area contributed by atoms with E-state index in [2.05, 4.69) is 5.32 Å². The van der Waals surface area contributed by atoms with Gasteiger partial charge in [-0.25, -0.2) is 0 Å². The van der Waals surface area contributed by atoms with Gasteiger partial charge in [-0.3, -0.25) is 4.79 Å². The normalized spacial score (nSPS) is 25.4. The van der Waals surface area contributed by atoms with E-state index in [0.717, 1.165) is 25.7 Å². The van der Waals surface area contributed by atoms with Gasteiger partial charge in [0.2, 0.25) is 0 Å². The van der Waals surface area contributed by atoms with Crippen molar-refractivity contribution in [2.75, 3.05) is 0 Å². The second-order valence-electron chi connectivity index (χ2n) is 4.08. The maximum atomic E-state index is 11.8. The summed E-state index contributed by atoms with van der Waals surface area (Å²) >= 11 is 7.24. The van der Waals surface area contributed by atoms with Gasteiger partial charge < -0.3 is 10.4 Å². The van der Waals surface area contributed by atoms with Gasteiger partial charge in [0.15, 0.2) is 0 Å². The summed E-state index contributed by atoms with van der Waals surface area (Å²) in [5.74, 6) is -0.0959. The van der Waals surface area contributed by atoms with Crippen molar-refractivity contribution in [1.82, 2.24) is 5.32 Å². The van der Waals surface area contributed by atoms with E-state index in [9.17, 15) is 9.90 Å². The van der Waals surface area contributed by atoms with Crippen molar-refractivity contribution in [2.45, 2.75) is 37.8 Å². The van der Waals surface area contributed by atoms with Gasteiger partial charge in [-0.1, -0.05) is 11.6 Å². The van der Waals surface area contributed by atoms with Crippen molar-refractivity contribution in [3.8, 4) is 0 Å². The summed E-state index contributed by atoms with van der Waals surface area (Å²) in [5, 5.41) is 14.6. The van der Waals surface area contributed by atoms with Crippen LogP contribution in [-0.2, 0) is 0 Å². The highest BCUT2D eigenvalue weighted by atomic mass is 35.5. The van der Waals surface area contributed by atoms with Crippen molar-refractivity contribution in [2.24, 2.45) is 0 Å². The summed E-state index contributed by atoms with van der Waals surface area (Å²) in [6.07, 6.45) is 3.02. The lowest BCUT2D eigenvalue weighted by Gasteiger charge is -2.25. The predicted octanol–water partition coefficient (Wildman–Crippen LogP) is 2.43. The molecule has 2 N–H and O–H groups in total. The average molecular weight is 260 g/mol. The van der Waals surface area contributed by atoms with Gasteiger partial charge in [0.1, 0.15) is 4.88 Å². The Balaban J connectivity index is 1.91. The quantitative estimate of drug-likeness (QED) is 0.857. The van der Waals surface area contributed by atoms with Gasteiger partial charge in [-0.05, 0) is 37.1 Å². The molecule has 0 bridgehead atoms. The zero-order valence-corrected chi connectivity index (χ0v) is 10.4. The van der Waals surface area contributed by atoms with Gasteiger partial charge in [0.05, 0.1) is 11.1 Å². The van der Waals surface area contributed by atoms with Gasteiger partial charge in [-0.2, -0.15) is 0 Å². The van der Waals surface area contributed by atoms with E-state index in [-0.39, 0.29) is 18.1 Å². The summed E-state index contributed by atoms with van der Waals surface area (Å²) in [6, 6.07) is 1.90. The van der Waals surface area contributed by atoms with Crippen LogP contribution < -0.4 is 5.32 Å². The second kappa shape index (κ2) is 5.17. The first-order valence-corrected chi connectivity index (χ1v) is 6.64. The van der Waals surface area contributed by atoms with Crippen molar-refractivity contribution in [1.29, 1.82) is 0 Å². The molecular formula is C11H14ClNO2S. The SMILES string of the molecule is O=C(NC1CCC(O)CC1)c1sccc1Cl. The van der Waals surface area contributed by atoms with Crippen LogP contribution in [0.15, 0.2) is 11.4 Å². The molecule has 1 aliphatic rings. The first kappa shape index (κ1) is 11.9. The number of rotatable bonds is 2. The Morgan fingerprint density at radius 1 is 1.44 bits per heavy atom. The van der Waals surface area contributed by atoms with E-state index < -0.39 is 0 Å². The van der Waals surface area contributed by atoms with Crippen LogP contribution in [0.2, 0.25) is 5.02 Å². The largest absolute Gasteiger partial charge is 0.393 e. The van der Waals surface area contributed by atoms with Crippen molar-refractivity contribution >= 4 is 28.8 Å². The Bertz CT molecular complexity index is 372. The summed E-state index contributed by atoms with van der Waals surface area (Å²) < 4.78 is 0. The van der Waals surface area contributed by atoms with Gasteiger partial charge >= 0.3 is 0 Å². The first-order chi connectivity index (χ1) is 7.66. The average Bonchev–Trinajstić information content (AvgIpc) is 2.68. The molecule has 5 heteroatoms. The first-order valence-electron chi connectivity index (χ1n) is 5.38. The minimum absolute atomic E-state index is 0.0959. The van der Waals surface area contributed by atoms with Crippen LogP contribution in [0.1, 0.15) is 35.4 Å². The number of hydrogen-bond acceptors (Lipinski definition) is 3. The topological polar surface area (TPSA) is 49.3 Å². The van der Waals surface area contributed by atoms with Gasteiger partial charge in [0.25, 0.3) is 5.91 Å². The minimum Gasteiger partial charge on any atom is -0.393 e. The van der Waals surface area contributed by atoms with Gasteiger partial charge in [0, 0.05) is 6.04 Å². The standard InChI is InChI=1S/C11H14ClNO2S/c12-9-5-6-16-10(9)11(15)13-7-1-3-8(14)4-2-7/h5-8,14H,1-4H2,(H,13,15). The highest BCUT2D eigenvalue weighted by molar-refractivity contribution is 7.12. The lowest BCUT2D eigenvalue weighted by molar-refractivity contribution is 0.0871. The summed E-state index contributed by atoms with van der Waals surface area (Å²) in [5.41, 5.74) is 0. The molecule has 1 fully saturated rings. The molecule has 16 heavy (non-hydrogen) atoms. The number of hydrogen-bond donors (Lipinski definition) is 2. The van der Waals surface area contributed by atoms with E-state index in [0.29, 0.717) is 9.90 Å². The Hall–Kier alpha value is -0.580. The van der Waals surface area contributed by atoms with Crippen LogP contribution >= 0.6 is 22.9 Å². The molecule has 1 amide bonds. The molecular weight excluding hydrogens is 246 g/mol. The third-order valence-corrected chi connectivity index (χ3v) is 4.20. The molecule has 1 saturated carbocycles. The molecule has 0 spiro atoms. The summed E-state index contributed by atoms with van der Waals surface area (Å²) in [4.78, 5) is 12.4. The number of thiophene rings is 1. The van der Waals surface area contributed by atoms with E-state index in [1.165, 1.54) is 11.3 Å². The molecule has 0 aliphatic heterocycles. The number of aliphatic hydroxyl groups excluding tert-OH is 1. The monoisotopic (exact) mass is 259 g/mol.